The van der Waals surface area contributed by atoms with Crippen molar-refractivity contribution in [3.8, 4) is 6.07 Å². The highest BCUT2D eigenvalue weighted by atomic mass is 16.3. The van der Waals surface area contributed by atoms with E-state index in [0.717, 1.165) is 0 Å². The maximum atomic E-state index is 11.3. The Hall–Kier alpha value is -1.70. The molecule has 4 nitrogen and oxygen atoms in total. The zero-order valence-electron chi connectivity index (χ0n) is 8.92. The Morgan fingerprint density at radius 3 is 2.38 bits per heavy atom. The summed E-state index contributed by atoms with van der Waals surface area (Å²) in [4.78, 5) is 11.3. The molecule has 84 valence electrons. The highest BCUT2D eigenvalue weighted by Crippen LogP contribution is 2.17. The molecular weight excluding hydrogens is 206 g/mol. The molecular formula is C12H13NO3. The van der Waals surface area contributed by atoms with Crippen LogP contribution in [0.5, 0.6) is 0 Å². The first kappa shape index (κ1) is 12.4. The van der Waals surface area contributed by atoms with Crippen LogP contribution in [0.3, 0.4) is 0 Å². The zero-order valence-corrected chi connectivity index (χ0v) is 8.92. The second-order valence-corrected chi connectivity index (χ2v) is 3.42. The van der Waals surface area contributed by atoms with Crippen molar-refractivity contribution in [2.75, 3.05) is 0 Å². The largest absolute Gasteiger partial charge is 0.385 e. The van der Waals surface area contributed by atoms with E-state index >= 15 is 0 Å². The number of nitriles is 1. The fourth-order valence-electron chi connectivity index (χ4n) is 1.32. The fraction of sp³-hybridized carbons (Fsp3) is 0.333. The van der Waals surface area contributed by atoms with E-state index in [0.29, 0.717) is 17.5 Å². The van der Waals surface area contributed by atoms with Crippen LogP contribution < -0.4 is 0 Å². The average Bonchev–Trinajstić information content (AvgIpc) is 2.36. The Labute approximate surface area is 93.8 Å². The summed E-state index contributed by atoms with van der Waals surface area (Å²) < 4.78 is 0. The molecule has 1 aromatic carbocycles. The molecule has 16 heavy (non-hydrogen) atoms. The molecule has 1 aromatic rings. The lowest BCUT2D eigenvalue weighted by molar-refractivity contribution is 0.0528. The van der Waals surface area contributed by atoms with Gasteiger partial charge in [0.25, 0.3) is 0 Å². The minimum Gasteiger partial charge on any atom is -0.385 e. The van der Waals surface area contributed by atoms with Crippen molar-refractivity contribution in [3.05, 3.63) is 35.4 Å². The number of aliphatic hydroxyl groups excluding tert-OH is 2. The molecule has 0 fully saturated rings. The normalized spacial score (nSPS) is 13.9. The molecule has 2 unspecified atom stereocenters. The number of hydrogen-bond donors (Lipinski definition) is 2. The van der Waals surface area contributed by atoms with Gasteiger partial charge >= 0.3 is 0 Å². The summed E-state index contributed by atoms with van der Waals surface area (Å²) in [6, 6.07) is 7.78. The summed E-state index contributed by atoms with van der Waals surface area (Å²) in [5.74, 6) is 0.0156. The van der Waals surface area contributed by atoms with Gasteiger partial charge in [-0.3, -0.25) is 4.79 Å². The first-order valence-corrected chi connectivity index (χ1v) is 4.99. The minimum atomic E-state index is -1.45. The molecule has 2 N–H and O–H groups in total. The van der Waals surface area contributed by atoms with Crippen molar-refractivity contribution in [3.63, 3.8) is 0 Å². The quantitative estimate of drug-likeness (QED) is 0.589. The molecule has 0 aliphatic heterocycles. The minimum absolute atomic E-state index is 0.0156. The predicted octanol–water partition coefficient (Wildman–Crippen LogP) is 1.20. The molecule has 0 aliphatic rings. The van der Waals surface area contributed by atoms with E-state index in [9.17, 15) is 9.90 Å². The molecule has 1 rings (SSSR count). The van der Waals surface area contributed by atoms with Gasteiger partial charge in [-0.2, -0.15) is 5.26 Å². The summed E-state index contributed by atoms with van der Waals surface area (Å²) in [6.07, 6.45) is -2.27. The number of carbonyl (C=O) groups excluding carboxylic acids is 1. The van der Waals surface area contributed by atoms with Gasteiger partial charge in [-0.1, -0.05) is 31.2 Å². The van der Waals surface area contributed by atoms with Crippen molar-refractivity contribution in [1.82, 2.24) is 0 Å². The molecule has 0 saturated carbocycles. The van der Waals surface area contributed by atoms with E-state index in [2.05, 4.69) is 0 Å². The van der Waals surface area contributed by atoms with E-state index in [-0.39, 0.29) is 5.78 Å². The number of benzene rings is 1. The third kappa shape index (κ3) is 2.66. The number of ketones is 1. The second kappa shape index (κ2) is 5.40. The van der Waals surface area contributed by atoms with Gasteiger partial charge in [0.15, 0.2) is 11.9 Å². The van der Waals surface area contributed by atoms with E-state index in [4.69, 9.17) is 10.4 Å². The smallest absolute Gasteiger partial charge is 0.170 e. The van der Waals surface area contributed by atoms with E-state index < -0.39 is 12.2 Å². The van der Waals surface area contributed by atoms with Crippen molar-refractivity contribution < 1.29 is 15.0 Å². The molecule has 0 aromatic heterocycles. The first-order chi connectivity index (χ1) is 7.60. The van der Waals surface area contributed by atoms with E-state index in [1.165, 1.54) is 12.1 Å². The lowest BCUT2D eigenvalue weighted by Crippen LogP contribution is -2.15. The van der Waals surface area contributed by atoms with Crippen molar-refractivity contribution in [2.45, 2.75) is 25.6 Å². The van der Waals surface area contributed by atoms with Crippen LogP contribution in [0, 0.1) is 11.3 Å². The maximum absolute atomic E-state index is 11.3. The molecule has 2 atom stereocenters. The number of nitrogens with zero attached hydrogens (tertiary/aromatic N) is 1. The zero-order chi connectivity index (χ0) is 12.1. The SMILES string of the molecule is CCC(=O)c1ccc(C(O)C(O)C#N)cc1. The highest BCUT2D eigenvalue weighted by molar-refractivity contribution is 5.95. The Morgan fingerprint density at radius 1 is 1.38 bits per heavy atom. The number of aliphatic hydroxyl groups is 2. The van der Waals surface area contributed by atoms with Gasteiger partial charge in [-0.15, -0.1) is 0 Å². The van der Waals surface area contributed by atoms with Crippen LogP contribution in [-0.4, -0.2) is 22.1 Å². The number of Topliss-reactive ketones (excluding diaryl/α,β-unsaturated/α-hetero) is 1. The molecule has 0 radical (unpaired) electrons. The first-order valence-electron chi connectivity index (χ1n) is 4.99. The lowest BCUT2D eigenvalue weighted by atomic mass is 10.0. The van der Waals surface area contributed by atoms with Gasteiger partial charge in [0.1, 0.15) is 6.10 Å². The van der Waals surface area contributed by atoms with Crippen molar-refractivity contribution in [2.24, 2.45) is 0 Å². The topological polar surface area (TPSA) is 81.3 Å². The average molecular weight is 219 g/mol. The predicted molar refractivity (Wildman–Crippen MR) is 57.6 cm³/mol. The third-order valence-corrected chi connectivity index (χ3v) is 2.33. The standard InChI is InChI=1S/C12H13NO3/c1-2-10(14)8-3-5-9(6-4-8)12(16)11(15)7-13/h3-6,11-12,15-16H,2H2,1H3. The third-order valence-electron chi connectivity index (χ3n) is 2.33. The van der Waals surface area contributed by atoms with Crippen molar-refractivity contribution >= 4 is 5.78 Å². The summed E-state index contributed by atoms with van der Waals surface area (Å²) in [5, 5.41) is 27.1. The van der Waals surface area contributed by atoms with Gasteiger partial charge in [-0.05, 0) is 5.56 Å². The van der Waals surface area contributed by atoms with Gasteiger partial charge in [0.2, 0.25) is 0 Å². The van der Waals surface area contributed by atoms with Crippen LogP contribution in [0.2, 0.25) is 0 Å². The highest BCUT2D eigenvalue weighted by Gasteiger charge is 2.17. The molecule has 0 amide bonds. The Bertz CT molecular complexity index is 405. The molecule has 4 heteroatoms. The molecule has 0 heterocycles. The number of rotatable bonds is 4. The number of hydrogen-bond acceptors (Lipinski definition) is 4. The molecule has 0 saturated heterocycles. The molecule has 0 aliphatic carbocycles. The van der Waals surface area contributed by atoms with Crippen molar-refractivity contribution in [1.29, 1.82) is 5.26 Å². The number of carbonyl (C=O) groups is 1. The summed E-state index contributed by atoms with van der Waals surface area (Å²) in [5.41, 5.74) is 0.978. The van der Waals surface area contributed by atoms with Crippen LogP contribution in [0.15, 0.2) is 24.3 Å². The van der Waals surface area contributed by atoms with Crippen LogP contribution in [0.4, 0.5) is 0 Å². The van der Waals surface area contributed by atoms with Gasteiger partial charge in [0, 0.05) is 12.0 Å². The fourth-order valence-corrected chi connectivity index (χ4v) is 1.32. The summed E-state index contributed by atoms with van der Waals surface area (Å²) in [7, 11) is 0. The summed E-state index contributed by atoms with van der Waals surface area (Å²) >= 11 is 0. The van der Waals surface area contributed by atoms with Gasteiger partial charge < -0.3 is 10.2 Å². The Balaban J connectivity index is 2.87. The second-order valence-electron chi connectivity index (χ2n) is 3.42. The Morgan fingerprint density at radius 2 is 1.94 bits per heavy atom. The van der Waals surface area contributed by atoms with E-state index in [1.54, 1.807) is 25.1 Å². The molecule has 0 spiro atoms. The Kier molecular flexibility index (Phi) is 4.18. The summed E-state index contributed by atoms with van der Waals surface area (Å²) in [6.45, 7) is 1.77. The van der Waals surface area contributed by atoms with Gasteiger partial charge in [0.05, 0.1) is 6.07 Å². The van der Waals surface area contributed by atoms with Gasteiger partial charge in [-0.25, -0.2) is 0 Å². The van der Waals surface area contributed by atoms with Crippen LogP contribution >= 0.6 is 0 Å². The molecule has 0 bridgehead atoms. The maximum Gasteiger partial charge on any atom is 0.170 e. The van der Waals surface area contributed by atoms with Crippen LogP contribution in [-0.2, 0) is 0 Å². The van der Waals surface area contributed by atoms with E-state index in [1.807, 2.05) is 0 Å². The monoisotopic (exact) mass is 219 g/mol. The van der Waals surface area contributed by atoms with Crippen LogP contribution in [0.1, 0.15) is 35.4 Å². The van der Waals surface area contributed by atoms with Crippen LogP contribution in [0.25, 0.3) is 0 Å². The lowest BCUT2D eigenvalue weighted by Gasteiger charge is -2.12.